The van der Waals surface area contributed by atoms with Gasteiger partial charge in [-0.25, -0.2) is 8.42 Å². The minimum atomic E-state index is -3.62. The molecule has 0 saturated carbocycles. The van der Waals surface area contributed by atoms with Crippen LogP contribution in [0.2, 0.25) is 0 Å². The maximum atomic E-state index is 14.4. The average molecular weight is 396 g/mol. The first-order chi connectivity index (χ1) is 12.3. The number of rotatable bonds is 8. The van der Waals surface area contributed by atoms with Gasteiger partial charge in [0, 0.05) is 5.54 Å². The number of nitrogens with zero attached hydrogens (tertiary/aromatic N) is 1. The van der Waals surface area contributed by atoms with Gasteiger partial charge in [-0.15, -0.1) is 0 Å². The van der Waals surface area contributed by atoms with Crippen molar-refractivity contribution in [1.29, 1.82) is 0 Å². The van der Waals surface area contributed by atoms with Gasteiger partial charge in [0.25, 0.3) is 0 Å². The van der Waals surface area contributed by atoms with Gasteiger partial charge in [0.15, 0.2) is 0 Å². The molecule has 0 aliphatic rings. The Morgan fingerprint density at radius 3 is 1.48 bits per heavy atom. The zero-order chi connectivity index (χ0) is 21.3. The summed E-state index contributed by atoms with van der Waals surface area (Å²) in [6, 6.07) is 6.09. The summed E-state index contributed by atoms with van der Waals surface area (Å²) in [5.41, 5.74) is 2.12. The highest BCUT2D eigenvalue weighted by atomic mass is 32.2. The molecule has 0 amide bonds. The van der Waals surface area contributed by atoms with Crippen molar-refractivity contribution in [2.75, 3.05) is 4.31 Å². The monoisotopic (exact) mass is 395 g/mol. The van der Waals surface area contributed by atoms with E-state index in [0.29, 0.717) is 12.8 Å². The Morgan fingerprint density at radius 1 is 0.778 bits per heavy atom. The fourth-order valence-electron chi connectivity index (χ4n) is 4.80. The van der Waals surface area contributed by atoms with Crippen molar-refractivity contribution in [3.05, 3.63) is 29.3 Å². The van der Waals surface area contributed by atoms with Gasteiger partial charge in [0.05, 0.1) is 10.4 Å². The molecule has 0 aliphatic heterocycles. The second-order valence-corrected chi connectivity index (χ2v) is 11.4. The Morgan fingerprint density at radius 2 is 1.19 bits per heavy atom. The lowest BCUT2D eigenvalue weighted by Gasteiger charge is -2.51. The quantitative estimate of drug-likeness (QED) is 0.496. The molecule has 4 heteroatoms. The van der Waals surface area contributed by atoms with Gasteiger partial charge in [-0.1, -0.05) is 40.7 Å². The van der Waals surface area contributed by atoms with E-state index in [1.54, 1.807) is 4.31 Å². The Kier molecular flexibility index (Phi) is 7.24. The predicted octanol–water partition coefficient (Wildman–Crippen LogP) is 6.62. The molecule has 1 aromatic rings. The lowest BCUT2D eigenvalue weighted by atomic mass is 9.69. The lowest BCUT2D eigenvalue weighted by Crippen LogP contribution is -2.61. The summed E-state index contributed by atoms with van der Waals surface area (Å²) in [5, 5.41) is 0. The van der Waals surface area contributed by atoms with Gasteiger partial charge in [-0.05, 0) is 89.0 Å². The molecule has 1 aromatic carbocycles. The smallest absolute Gasteiger partial charge is 0.241 e. The molecule has 0 aromatic heterocycles. The van der Waals surface area contributed by atoms with E-state index in [1.165, 1.54) is 0 Å². The van der Waals surface area contributed by atoms with E-state index in [2.05, 4.69) is 26.8 Å². The van der Waals surface area contributed by atoms with Crippen LogP contribution in [-0.2, 0) is 10.0 Å². The molecule has 0 spiro atoms. The van der Waals surface area contributed by atoms with Crippen LogP contribution in [0.3, 0.4) is 0 Å². The summed E-state index contributed by atoms with van der Waals surface area (Å²) < 4.78 is 29.7. The summed E-state index contributed by atoms with van der Waals surface area (Å²) in [4.78, 5) is 0. The molecule has 0 heterocycles. The van der Waals surface area contributed by atoms with E-state index in [4.69, 9.17) is 0 Å². The van der Waals surface area contributed by atoms with Crippen LogP contribution in [0.4, 0.5) is 5.69 Å². The molecule has 0 aliphatic carbocycles. The molecule has 0 atom stereocenters. The zero-order valence-electron chi connectivity index (χ0n) is 19.2. The minimum absolute atomic E-state index is 0.280. The summed E-state index contributed by atoms with van der Waals surface area (Å²) in [7, 11) is -3.62. The van der Waals surface area contributed by atoms with Crippen molar-refractivity contribution < 1.29 is 8.42 Å². The Bertz CT molecular complexity index is 716. The first-order valence-corrected chi connectivity index (χ1v) is 11.8. The van der Waals surface area contributed by atoms with Crippen LogP contribution in [0.25, 0.3) is 0 Å². The highest BCUT2D eigenvalue weighted by molar-refractivity contribution is 7.94. The van der Waals surface area contributed by atoms with Gasteiger partial charge in [-0.2, -0.15) is 0 Å². The molecule has 0 unspecified atom stereocenters. The summed E-state index contributed by atoms with van der Waals surface area (Å²) in [6.45, 7) is 20.5. The van der Waals surface area contributed by atoms with Crippen LogP contribution in [0.15, 0.2) is 18.2 Å². The highest BCUT2D eigenvalue weighted by Crippen LogP contribution is 2.51. The SMILES string of the molecule is CCC(C)(CC)C(CC)(CC)S(=O)(=O)N(c1cc(C)cc(C)c1)C(C)(C)C. The molecule has 0 fully saturated rings. The van der Waals surface area contributed by atoms with Crippen molar-refractivity contribution in [3.63, 3.8) is 0 Å². The minimum Gasteiger partial charge on any atom is -0.264 e. The van der Waals surface area contributed by atoms with Crippen molar-refractivity contribution in [2.24, 2.45) is 5.41 Å². The van der Waals surface area contributed by atoms with Crippen LogP contribution in [0.1, 0.15) is 92.2 Å². The first kappa shape index (κ1) is 24.0. The van der Waals surface area contributed by atoms with Gasteiger partial charge >= 0.3 is 0 Å². The summed E-state index contributed by atoms with van der Waals surface area (Å²) in [5.74, 6) is 0. The van der Waals surface area contributed by atoms with E-state index < -0.39 is 20.3 Å². The lowest BCUT2D eigenvalue weighted by molar-refractivity contribution is 0.178. The van der Waals surface area contributed by atoms with Gasteiger partial charge in [0.2, 0.25) is 10.0 Å². The maximum Gasteiger partial charge on any atom is 0.241 e. The Balaban J connectivity index is 3.88. The number of hydrogen-bond donors (Lipinski definition) is 0. The molecule has 27 heavy (non-hydrogen) atoms. The van der Waals surface area contributed by atoms with Gasteiger partial charge < -0.3 is 0 Å². The third kappa shape index (κ3) is 4.06. The molecule has 0 saturated heterocycles. The number of sulfonamides is 1. The first-order valence-electron chi connectivity index (χ1n) is 10.4. The Hall–Kier alpha value is -1.03. The molecule has 1 rings (SSSR count). The topological polar surface area (TPSA) is 37.4 Å². The van der Waals surface area contributed by atoms with E-state index in [0.717, 1.165) is 29.7 Å². The molecule has 0 N–H and O–H groups in total. The molecular weight excluding hydrogens is 354 g/mol. The average Bonchev–Trinajstić information content (AvgIpc) is 2.53. The Labute approximate surface area is 168 Å². The molecule has 0 bridgehead atoms. The van der Waals surface area contributed by atoms with Gasteiger partial charge in [0.1, 0.15) is 0 Å². The van der Waals surface area contributed by atoms with E-state index in [9.17, 15) is 8.42 Å². The fraction of sp³-hybridized carbons (Fsp3) is 0.739. The van der Waals surface area contributed by atoms with E-state index >= 15 is 0 Å². The fourth-order valence-corrected chi connectivity index (χ4v) is 7.90. The van der Waals surface area contributed by atoms with Crippen LogP contribution in [0, 0.1) is 19.3 Å². The van der Waals surface area contributed by atoms with E-state index in [1.807, 2.05) is 60.6 Å². The number of aryl methyl sites for hydroxylation is 2. The zero-order valence-corrected chi connectivity index (χ0v) is 20.0. The molecule has 0 radical (unpaired) electrons. The van der Waals surface area contributed by atoms with Crippen molar-refractivity contribution in [3.8, 4) is 0 Å². The van der Waals surface area contributed by atoms with Crippen LogP contribution in [0.5, 0.6) is 0 Å². The largest absolute Gasteiger partial charge is 0.264 e. The normalized spacial score (nSPS) is 13.7. The second kappa shape index (κ2) is 8.14. The van der Waals surface area contributed by atoms with E-state index in [-0.39, 0.29) is 5.41 Å². The van der Waals surface area contributed by atoms with Crippen molar-refractivity contribution >= 4 is 15.7 Å². The van der Waals surface area contributed by atoms with Crippen LogP contribution in [-0.4, -0.2) is 18.7 Å². The number of benzene rings is 1. The summed E-state index contributed by atoms with van der Waals surface area (Å²) >= 11 is 0. The highest BCUT2D eigenvalue weighted by Gasteiger charge is 2.56. The molecule has 156 valence electrons. The standard InChI is InChI=1S/C23H41NO2S/c1-11-22(10,12-2)23(13-3,14-4)27(25,26)24(21(7,8)9)20-16-18(5)15-19(6)17-20/h15-17H,11-14H2,1-10H3. The molecule has 3 nitrogen and oxygen atoms in total. The van der Waals surface area contributed by atoms with Crippen molar-refractivity contribution in [2.45, 2.75) is 105 Å². The van der Waals surface area contributed by atoms with Crippen LogP contribution < -0.4 is 4.31 Å². The number of anilines is 1. The van der Waals surface area contributed by atoms with Crippen LogP contribution >= 0.6 is 0 Å². The van der Waals surface area contributed by atoms with Gasteiger partial charge in [-0.3, -0.25) is 4.31 Å². The summed E-state index contributed by atoms with van der Waals surface area (Å²) in [6.07, 6.45) is 2.91. The predicted molar refractivity (Wildman–Crippen MR) is 119 cm³/mol. The maximum absolute atomic E-state index is 14.4. The van der Waals surface area contributed by atoms with Crippen molar-refractivity contribution in [1.82, 2.24) is 0 Å². The second-order valence-electron chi connectivity index (χ2n) is 9.26. The number of hydrogen-bond acceptors (Lipinski definition) is 2. The third-order valence-corrected chi connectivity index (χ3v) is 9.88. The third-order valence-electron chi connectivity index (χ3n) is 6.59. The molecular formula is C23H41NO2S.